The third kappa shape index (κ3) is 4.72. The monoisotopic (exact) mass is 388 g/mol. The smallest absolute Gasteiger partial charge is 0.335 e. The van der Waals surface area contributed by atoms with Gasteiger partial charge in [0.15, 0.2) is 0 Å². The van der Waals surface area contributed by atoms with E-state index in [-0.39, 0.29) is 17.2 Å². The molecule has 0 unspecified atom stereocenters. The van der Waals surface area contributed by atoms with E-state index in [1.165, 1.54) is 28.6 Å². The Balaban J connectivity index is 1.64. The molecule has 1 aliphatic heterocycles. The van der Waals surface area contributed by atoms with Gasteiger partial charge in [-0.15, -0.1) is 0 Å². The van der Waals surface area contributed by atoms with Crippen molar-refractivity contribution in [3.05, 3.63) is 65.2 Å². The summed E-state index contributed by atoms with van der Waals surface area (Å²) in [6.07, 6.45) is 1.79. The van der Waals surface area contributed by atoms with Crippen LogP contribution in [0, 0.1) is 0 Å². The Hall–Kier alpha value is -2.71. The number of nitrogens with one attached hydrogen (secondary N) is 1. The first-order valence-electron chi connectivity index (χ1n) is 8.57. The summed E-state index contributed by atoms with van der Waals surface area (Å²) >= 11 is 0. The number of sulfonamides is 1. The van der Waals surface area contributed by atoms with Gasteiger partial charge in [-0.2, -0.15) is 0 Å². The summed E-state index contributed by atoms with van der Waals surface area (Å²) in [6.45, 7) is 1.15. The molecule has 1 saturated heterocycles. The van der Waals surface area contributed by atoms with E-state index in [1.54, 1.807) is 24.3 Å². The highest BCUT2D eigenvalue weighted by molar-refractivity contribution is 7.88. The number of hydrogen-bond acceptors (Lipinski definition) is 4. The van der Waals surface area contributed by atoms with Gasteiger partial charge in [-0.1, -0.05) is 12.1 Å². The molecule has 0 saturated carbocycles. The Kier molecular flexibility index (Phi) is 5.57. The van der Waals surface area contributed by atoms with Crippen molar-refractivity contribution in [1.29, 1.82) is 0 Å². The van der Waals surface area contributed by atoms with E-state index in [0.29, 0.717) is 29.9 Å². The molecule has 2 aromatic carbocycles. The van der Waals surface area contributed by atoms with Crippen LogP contribution in [0.2, 0.25) is 0 Å². The average molecular weight is 388 g/mol. The van der Waals surface area contributed by atoms with Crippen molar-refractivity contribution >= 4 is 27.6 Å². The van der Waals surface area contributed by atoms with Crippen LogP contribution in [-0.2, 0) is 15.8 Å². The fourth-order valence-corrected chi connectivity index (χ4v) is 4.53. The van der Waals surface area contributed by atoms with E-state index in [0.717, 1.165) is 12.8 Å². The van der Waals surface area contributed by atoms with E-state index < -0.39 is 16.0 Å². The van der Waals surface area contributed by atoms with Gasteiger partial charge in [0, 0.05) is 24.3 Å². The minimum absolute atomic E-state index is 0.0778. The highest BCUT2D eigenvalue weighted by Gasteiger charge is 2.25. The number of rotatable bonds is 6. The van der Waals surface area contributed by atoms with Crippen molar-refractivity contribution in [2.45, 2.75) is 18.6 Å². The van der Waals surface area contributed by atoms with Crippen molar-refractivity contribution in [2.24, 2.45) is 0 Å². The molecular formula is C19H20N2O5S. The van der Waals surface area contributed by atoms with Gasteiger partial charge in [0.1, 0.15) is 0 Å². The summed E-state index contributed by atoms with van der Waals surface area (Å²) in [5, 5.41) is 11.6. The first kappa shape index (κ1) is 19.1. The largest absolute Gasteiger partial charge is 0.478 e. The highest BCUT2D eigenvalue weighted by Crippen LogP contribution is 2.18. The number of benzene rings is 2. The predicted molar refractivity (Wildman–Crippen MR) is 101 cm³/mol. The quantitative estimate of drug-likeness (QED) is 0.791. The lowest BCUT2D eigenvalue weighted by molar-refractivity contribution is 0.0696. The SMILES string of the molecule is O=C(O)c1ccc(NC(=O)c2ccc(CS(=O)(=O)N3CCCC3)cc2)cc1. The molecule has 7 nitrogen and oxygen atoms in total. The van der Waals surface area contributed by atoms with Gasteiger partial charge in [0.2, 0.25) is 10.0 Å². The molecule has 0 bridgehead atoms. The molecule has 1 fully saturated rings. The molecule has 0 aromatic heterocycles. The van der Waals surface area contributed by atoms with Crippen molar-refractivity contribution in [3.63, 3.8) is 0 Å². The van der Waals surface area contributed by atoms with Crippen LogP contribution >= 0.6 is 0 Å². The molecular weight excluding hydrogens is 368 g/mol. The molecule has 1 amide bonds. The van der Waals surface area contributed by atoms with Crippen molar-refractivity contribution in [2.75, 3.05) is 18.4 Å². The van der Waals surface area contributed by atoms with Gasteiger partial charge >= 0.3 is 5.97 Å². The minimum atomic E-state index is -3.32. The minimum Gasteiger partial charge on any atom is -0.478 e. The van der Waals surface area contributed by atoms with Crippen LogP contribution in [0.1, 0.15) is 39.1 Å². The zero-order chi connectivity index (χ0) is 19.4. The number of carbonyl (C=O) groups is 2. The fraction of sp³-hybridized carbons (Fsp3) is 0.263. The third-order valence-electron chi connectivity index (χ3n) is 4.41. The number of anilines is 1. The van der Waals surface area contributed by atoms with Crippen LogP contribution in [0.5, 0.6) is 0 Å². The van der Waals surface area contributed by atoms with Crippen LogP contribution in [-0.4, -0.2) is 42.8 Å². The van der Waals surface area contributed by atoms with E-state index in [9.17, 15) is 18.0 Å². The first-order valence-corrected chi connectivity index (χ1v) is 10.2. The van der Waals surface area contributed by atoms with Gasteiger partial charge in [-0.25, -0.2) is 17.5 Å². The van der Waals surface area contributed by atoms with E-state index >= 15 is 0 Å². The van der Waals surface area contributed by atoms with Gasteiger partial charge in [-0.05, 0) is 54.8 Å². The summed E-state index contributed by atoms with van der Waals surface area (Å²) in [7, 11) is -3.32. The second kappa shape index (κ2) is 7.89. The number of nitrogens with zero attached hydrogens (tertiary/aromatic N) is 1. The van der Waals surface area contributed by atoms with Crippen LogP contribution in [0.25, 0.3) is 0 Å². The number of carbonyl (C=O) groups excluding carboxylic acids is 1. The van der Waals surface area contributed by atoms with E-state index in [4.69, 9.17) is 5.11 Å². The summed E-state index contributed by atoms with van der Waals surface area (Å²) in [5.41, 5.74) is 1.63. The molecule has 1 heterocycles. The maximum Gasteiger partial charge on any atom is 0.335 e. The molecule has 142 valence electrons. The zero-order valence-corrected chi connectivity index (χ0v) is 15.4. The van der Waals surface area contributed by atoms with Gasteiger partial charge in [0.25, 0.3) is 5.91 Å². The van der Waals surface area contributed by atoms with Crippen molar-refractivity contribution in [1.82, 2.24) is 4.31 Å². The summed E-state index contributed by atoms with van der Waals surface area (Å²) < 4.78 is 26.2. The number of hydrogen-bond donors (Lipinski definition) is 2. The Bertz CT molecular complexity index is 931. The maximum atomic E-state index is 12.3. The Morgan fingerprint density at radius 3 is 2.04 bits per heavy atom. The number of carboxylic acids is 1. The zero-order valence-electron chi connectivity index (χ0n) is 14.6. The lowest BCUT2D eigenvalue weighted by Crippen LogP contribution is -2.29. The maximum absolute atomic E-state index is 12.3. The molecule has 8 heteroatoms. The Morgan fingerprint density at radius 2 is 1.48 bits per heavy atom. The average Bonchev–Trinajstić information content (AvgIpc) is 3.18. The molecule has 0 atom stereocenters. The number of carboxylic acid groups (broad SMARTS) is 1. The molecule has 27 heavy (non-hydrogen) atoms. The van der Waals surface area contributed by atoms with Crippen molar-refractivity contribution < 1.29 is 23.1 Å². The normalized spacial score (nSPS) is 14.8. The summed E-state index contributed by atoms with van der Waals surface area (Å²) in [4.78, 5) is 23.1. The molecule has 1 aliphatic rings. The van der Waals surface area contributed by atoms with Crippen molar-refractivity contribution in [3.8, 4) is 0 Å². The molecule has 0 aliphatic carbocycles. The lowest BCUT2D eigenvalue weighted by Gasteiger charge is -2.15. The molecule has 3 rings (SSSR count). The van der Waals surface area contributed by atoms with Gasteiger partial charge < -0.3 is 10.4 Å². The molecule has 0 radical (unpaired) electrons. The van der Waals surface area contributed by atoms with E-state index in [1.807, 2.05) is 0 Å². The van der Waals surface area contributed by atoms with Crippen LogP contribution in [0.15, 0.2) is 48.5 Å². The number of aromatic carboxylic acids is 1. The third-order valence-corrected chi connectivity index (χ3v) is 6.26. The van der Waals surface area contributed by atoms with E-state index in [2.05, 4.69) is 5.32 Å². The Labute approximate surface area is 157 Å². The standard InChI is InChI=1S/C19H20N2O5S/c22-18(20-17-9-7-16(8-10-17)19(23)24)15-5-3-14(4-6-15)13-27(25,26)21-11-1-2-12-21/h3-10H,1-2,11-13H2,(H,20,22)(H,23,24). The summed E-state index contributed by atoms with van der Waals surface area (Å²) in [6, 6.07) is 12.3. The second-order valence-corrected chi connectivity index (χ2v) is 8.36. The fourth-order valence-electron chi connectivity index (χ4n) is 2.92. The predicted octanol–water partition coefficient (Wildman–Crippen LogP) is 2.56. The topological polar surface area (TPSA) is 104 Å². The molecule has 2 aromatic rings. The van der Waals surface area contributed by atoms with Gasteiger partial charge in [0.05, 0.1) is 11.3 Å². The number of amides is 1. The molecule has 2 N–H and O–H groups in total. The highest BCUT2D eigenvalue weighted by atomic mass is 32.2. The second-order valence-electron chi connectivity index (χ2n) is 6.40. The Morgan fingerprint density at radius 1 is 0.926 bits per heavy atom. The van der Waals surface area contributed by atoms with Crippen LogP contribution in [0.3, 0.4) is 0 Å². The van der Waals surface area contributed by atoms with Crippen LogP contribution < -0.4 is 5.32 Å². The first-order chi connectivity index (χ1) is 12.8. The molecule has 0 spiro atoms. The van der Waals surface area contributed by atoms with Gasteiger partial charge in [-0.3, -0.25) is 4.79 Å². The summed E-state index contributed by atoms with van der Waals surface area (Å²) in [5.74, 6) is -1.47. The lowest BCUT2D eigenvalue weighted by atomic mass is 10.1. The van der Waals surface area contributed by atoms with Crippen LogP contribution in [0.4, 0.5) is 5.69 Å².